The third-order valence-corrected chi connectivity index (χ3v) is 11.9. The van der Waals surface area contributed by atoms with Gasteiger partial charge in [-0.15, -0.1) is 0 Å². The van der Waals surface area contributed by atoms with Gasteiger partial charge in [-0.3, -0.25) is 0 Å². The van der Waals surface area contributed by atoms with Gasteiger partial charge in [-0.2, -0.15) is 0 Å². The monoisotopic (exact) mass is 749 g/mol. The zero-order valence-electron chi connectivity index (χ0n) is 32.5. The van der Waals surface area contributed by atoms with Crippen molar-refractivity contribution in [1.82, 2.24) is 0 Å². The molecule has 11 aromatic rings. The van der Waals surface area contributed by atoms with E-state index in [1.807, 2.05) is 0 Å². The minimum absolute atomic E-state index is 1.09. The second-order valence-corrected chi connectivity index (χ2v) is 15.2. The van der Waals surface area contributed by atoms with Crippen LogP contribution in [-0.2, 0) is 0 Å². The van der Waals surface area contributed by atoms with Crippen LogP contribution < -0.4 is 4.90 Å². The Bertz CT molecular complexity index is 3260. The highest BCUT2D eigenvalue weighted by Crippen LogP contribution is 2.44. The molecule has 0 saturated heterocycles. The van der Waals surface area contributed by atoms with Crippen molar-refractivity contribution in [2.75, 3.05) is 4.90 Å². The molecule has 0 aliphatic rings. The minimum Gasteiger partial charge on any atom is -0.310 e. The highest BCUT2D eigenvalue weighted by molar-refractivity contribution is 6.25. The standard InChI is InChI=1S/C58H39N/c1-3-15-41(16-4-1)48-20-13-14-26-57(48)59(47-35-29-43(30-36-47)50-37-31-42-17-7-8-21-49(42)58(50)44-18-5-2-6-19-44)46-33-27-40(28-34-46)45-32-38-55-53-24-10-9-22-51(53)52-23-11-12-25-54(52)56(55)39-45/h1-39H. The minimum atomic E-state index is 1.09. The normalized spacial score (nSPS) is 11.4. The molecule has 0 spiro atoms. The maximum atomic E-state index is 2.40. The Morgan fingerprint density at radius 1 is 0.237 bits per heavy atom. The maximum absolute atomic E-state index is 2.40. The summed E-state index contributed by atoms with van der Waals surface area (Å²) in [5, 5.41) is 10.2. The molecule has 11 aromatic carbocycles. The first-order valence-corrected chi connectivity index (χ1v) is 20.3. The van der Waals surface area contributed by atoms with Gasteiger partial charge in [0.1, 0.15) is 0 Å². The van der Waals surface area contributed by atoms with Crippen LogP contribution in [0, 0.1) is 0 Å². The number of hydrogen-bond acceptors (Lipinski definition) is 1. The molecule has 59 heavy (non-hydrogen) atoms. The molecule has 276 valence electrons. The van der Waals surface area contributed by atoms with Gasteiger partial charge in [-0.05, 0) is 118 Å². The Hall–Kier alpha value is -7.74. The molecule has 1 heteroatoms. The maximum Gasteiger partial charge on any atom is 0.0540 e. The van der Waals surface area contributed by atoms with E-state index in [1.165, 1.54) is 87.6 Å². The topological polar surface area (TPSA) is 3.24 Å². The van der Waals surface area contributed by atoms with Crippen molar-refractivity contribution in [2.24, 2.45) is 0 Å². The fourth-order valence-corrected chi connectivity index (χ4v) is 9.07. The van der Waals surface area contributed by atoms with Crippen LogP contribution in [0.4, 0.5) is 17.1 Å². The van der Waals surface area contributed by atoms with Gasteiger partial charge in [-0.1, -0.05) is 200 Å². The number of benzene rings is 11. The molecule has 0 heterocycles. The van der Waals surface area contributed by atoms with E-state index in [2.05, 4.69) is 241 Å². The molecule has 0 aliphatic carbocycles. The van der Waals surface area contributed by atoms with Crippen LogP contribution in [0.2, 0.25) is 0 Å². The first kappa shape index (κ1) is 34.5. The molecule has 0 aliphatic heterocycles. The average molecular weight is 750 g/mol. The lowest BCUT2D eigenvalue weighted by atomic mass is 9.89. The Kier molecular flexibility index (Phi) is 8.56. The zero-order valence-corrected chi connectivity index (χ0v) is 32.5. The van der Waals surface area contributed by atoms with Gasteiger partial charge in [-0.25, -0.2) is 0 Å². The first-order chi connectivity index (χ1) is 29.3. The molecule has 0 saturated carbocycles. The van der Waals surface area contributed by atoms with Crippen LogP contribution in [0.3, 0.4) is 0 Å². The van der Waals surface area contributed by atoms with Crippen LogP contribution in [0.15, 0.2) is 237 Å². The van der Waals surface area contributed by atoms with Crippen molar-refractivity contribution in [3.05, 3.63) is 237 Å². The summed E-state index contributed by atoms with van der Waals surface area (Å²) < 4.78 is 0. The summed E-state index contributed by atoms with van der Waals surface area (Å²) >= 11 is 0. The highest BCUT2D eigenvalue weighted by atomic mass is 15.1. The molecule has 0 unspecified atom stereocenters. The van der Waals surface area contributed by atoms with Gasteiger partial charge < -0.3 is 4.90 Å². The molecular formula is C58H39N. The fraction of sp³-hybridized carbons (Fsp3) is 0. The van der Waals surface area contributed by atoms with Gasteiger partial charge in [0.05, 0.1) is 5.69 Å². The Morgan fingerprint density at radius 2 is 0.695 bits per heavy atom. The van der Waals surface area contributed by atoms with Gasteiger partial charge in [0.25, 0.3) is 0 Å². The van der Waals surface area contributed by atoms with Gasteiger partial charge in [0.15, 0.2) is 0 Å². The Morgan fingerprint density at radius 3 is 1.34 bits per heavy atom. The largest absolute Gasteiger partial charge is 0.310 e. The van der Waals surface area contributed by atoms with Crippen molar-refractivity contribution in [1.29, 1.82) is 0 Å². The Labute approximate surface area is 344 Å². The third kappa shape index (κ3) is 6.12. The first-order valence-electron chi connectivity index (χ1n) is 20.3. The van der Waals surface area contributed by atoms with Crippen LogP contribution in [0.1, 0.15) is 0 Å². The second kappa shape index (κ2) is 14.6. The predicted octanol–water partition coefficient (Wildman–Crippen LogP) is 16.4. The number of fused-ring (bicyclic) bond motifs is 7. The quantitative estimate of drug-likeness (QED) is 0.147. The van der Waals surface area contributed by atoms with Crippen molar-refractivity contribution in [2.45, 2.75) is 0 Å². The van der Waals surface area contributed by atoms with Crippen LogP contribution in [0.25, 0.3) is 87.6 Å². The number of rotatable bonds is 7. The number of nitrogens with zero attached hydrogens (tertiary/aromatic N) is 1. The summed E-state index contributed by atoms with van der Waals surface area (Å²) in [5.41, 5.74) is 12.9. The number of hydrogen-bond donors (Lipinski definition) is 0. The van der Waals surface area contributed by atoms with Crippen molar-refractivity contribution in [3.63, 3.8) is 0 Å². The molecule has 0 fully saturated rings. The summed E-state index contributed by atoms with van der Waals surface area (Å²) in [7, 11) is 0. The average Bonchev–Trinajstić information content (AvgIpc) is 3.32. The number of para-hydroxylation sites is 1. The number of anilines is 3. The highest BCUT2D eigenvalue weighted by Gasteiger charge is 2.19. The molecule has 0 radical (unpaired) electrons. The molecule has 0 amide bonds. The molecule has 0 N–H and O–H groups in total. The predicted molar refractivity (Wildman–Crippen MR) is 253 cm³/mol. The molecule has 1 nitrogen and oxygen atoms in total. The smallest absolute Gasteiger partial charge is 0.0540 e. The lowest BCUT2D eigenvalue weighted by Crippen LogP contribution is -2.11. The van der Waals surface area contributed by atoms with E-state index < -0.39 is 0 Å². The van der Waals surface area contributed by atoms with E-state index in [0.717, 1.165) is 17.1 Å². The fourth-order valence-electron chi connectivity index (χ4n) is 9.07. The zero-order chi connectivity index (χ0) is 39.1. The van der Waals surface area contributed by atoms with Crippen molar-refractivity contribution < 1.29 is 0 Å². The summed E-state index contributed by atoms with van der Waals surface area (Å²) in [6.07, 6.45) is 0. The van der Waals surface area contributed by atoms with E-state index >= 15 is 0 Å². The Balaban J connectivity index is 1.03. The third-order valence-electron chi connectivity index (χ3n) is 11.9. The van der Waals surface area contributed by atoms with Crippen LogP contribution >= 0.6 is 0 Å². The summed E-state index contributed by atoms with van der Waals surface area (Å²) in [6.45, 7) is 0. The summed E-state index contributed by atoms with van der Waals surface area (Å²) in [4.78, 5) is 2.40. The van der Waals surface area contributed by atoms with E-state index in [0.29, 0.717) is 0 Å². The van der Waals surface area contributed by atoms with Gasteiger partial charge in [0, 0.05) is 16.9 Å². The van der Waals surface area contributed by atoms with Crippen molar-refractivity contribution in [3.8, 4) is 44.5 Å². The molecule has 0 bridgehead atoms. The molecule has 11 rings (SSSR count). The van der Waals surface area contributed by atoms with E-state index in [4.69, 9.17) is 0 Å². The van der Waals surface area contributed by atoms with Crippen LogP contribution in [-0.4, -0.2) is 0 Å². The lowest BCUT2D eigenvalue weighted by Gasteiger charge is -2.28. The summed E-state index contributed by atoms with van der Waals surface area (Å²) in [6, 6.07) is 86.1. The molecular weight excluding hydrogens is 711 g/mol. The van der Waals surface area contributed by atoms with Gasteiger partial charge in [0.2, 0.25) is 0 Å². The SMILES string of the molecule is c1ccc(-c2ccccc2N(c2ccc(-c3ccc4c5ccccc5c5ccccc5c4c3)cc2)c2ccc(-c3ccc4ccccc4c3-c3ccccc3)cc2)cc1. The van der Waals surface area contributed by atoms with Crippen molar-refractivity contribution >= 4 is 60.2 Å². The van der Waals surface area contributed by atoms with Crippen LogP contribution in [0.5, 0.6) is 0 Å². The van der Waals surface area contributed by atoms with E-state index in [1.54, 1.807) is 0 Å². The summed E-state index contributed by atoms with van der Waals surface area (Å²) in [5.74, 6) is 0. The van der Waals surface area contributed by atoms with Gasteiger partial charge >= 0.3 is 0 Å². The molecule has 0 aromatic heterocycles. The second-order valence-electron chi connectivity index (χ2n) is 15.2. The van der Waals surface area contributed by atoms with E-state index in [-0.39, 0.29) is 0 Å². The molecule has 0 atom stereocenters. The lowest BCUT2D eigenvalue weighted by molar-refractivity contribution is 1.28. The van der Waals surface area contributed by atoms with E-state index in [9.17, 15) is 0 Å².